The summed E-state index contributed by atoms with van der Waals surface area (Å²) in [5.41, 5.74) is 1.91. The minimum absolute atomic E-state index is 0.261. The van der Waals surface area contributed by atoms with Gasteiger partial charge in [-0.25, -0.2) is 4.39 Å². The maximum absolute atomic E-state index is 13.0. The topological polar surface area (TPSA) is 9.23 Å². The fourth-order valence-corrected chi connectivity index (χ4v) is 1.18. The molecule has 0 N–H and O–H groups in total. The van der Waals surface area contributed by atoms with E-state index in [0.717, 1.165) is 11.1 Å². The normalized spacial score (nSPS) is 9.71. The third-order valence-electron chi connectivity index (χ3n) is 1.55. The Morgan fingerprint density at radius 3 is 2.79 bits per heavy atom. The van der Waals surface area contributed by atoms with Crippen LogP contribution in [0.1, 0.15) is 19.4 Å². The fourth-order valence-electron chi connectivity index (χ4n) is 0.934. The molecule has 0 aliphatic rings. The predicted molar refractivity (Wildman–Crippen MR) is 58.3 cm³/mol. The van der Waals surface area contributed by atoms with Crippen molar-refractivity contribution in [3.63, 3.8) is 0 Å². The molecule has 0 aliphatic heterocycles. The highest BCUT2D eigenvalue weighted by molar-refractivity contribution is 9.10. The molecule has 0 unspecified atom stereocenters. The van der Waals surface area contributed by atoms with E-state index < -0.39 is 0 Å². The molecule has 0 aliphatic carbocycles. The van der Waals surface area contributed by atoms with Gasteiger partial charge in [0.05, 0.1) is 10.7 Å². The zero-order valence-corrected chi connectivity index (χ0v) is 9.77. The third-order valence-corrected chi connectivity index (χ3v) is 2.20. The van der Waals surface area contributed by atoms with Crippen LogP contribution in [-0.4, -0.2) is 0 Å². The molecule has 0 radical (unpaired) electrons. The molecule has 76 valence electrons. The van der Waals surface area contributed by atoms with Crippen molar-refractivity contribution >= 4 is 15.9 Å². The van der Waals surface area contributed by atoms with Gasteiger partial charge in [0, 0.05) is 0 Å². The van der Waals surface area contributed by atoms with Crippen molar-refractivity contribution in [2.24, 2.45) is 0 Å². The van der Waals surface area contributed by atoms with Crippen LogP contribution in [0, 0.1) is 5.82 Å². The van der Waals surface area contributed by atoms with E-state index in [-0.39, 0.29) is 5.82 Å². The Balaban J connectivity index is 2.60. The molecule has 0 atom stereocenters. The zero-order chi connectivity index (χ0) is 10.6. The number of rotatable bonds is 3. The highest BCUT2D eigenvalue weighted by Gasteiger charge is 1.99. The lowest BCUT2D eigenvalue weighted by Gasteiger charge is -2.02. The van der Waals surface area contributed by atoms with Gasteiger partial charge in [-0.05, 0) is 53.0 Å². The van der Waals surface area contributed by atoms with Gasteiger partial charge in [-0.3, -0.25) is 0 Å². The highest BCUT2D eigenvalue weighted by atomic mass is 79.9. The van der Waals surface area contributed by atoms with Gasteiger partial charge >= 0.3 is 0 Å². The van der Waals surface area contributed by atoms with Crippen LogP contribution in [-0.2, 0) is 11.3 Å². The van der Waals surface area contributed by atoms with Crippen molar-refractivity contribution in [1.82, 2.24) is 0 Å². The van der Waals surface area contributed by atoms with E-state index in [4.69, 9.17) is 4.74 Å². The summed E-state index contributed by atoms with van der Waals surface area (Å²) in [4.78, 5) is 0. The molecule has 1 aromatic rings. The van der Waals surface area contributed by atoms with Crippen LogP contribution in [0.25, 0.3) is 0 Å². The SMILES string of the molecule is CC(C)=COCc1ccc(Br)c(F)c1. The van der Waals surface area contributed by atoms with Gasteiger partial charge in [-0.2, -0.15) is 0 Å². The lowest BCUT2D eigenvalue weighted by molar-refractivity contribution is 0.233. The largest absolute Gasteiger partial charge is 0.497 e. The minimum Gasteiger partial charge on any atom is -0.497 e. The summed E-state index contributed by atoms with van der Waals surface area (Å²) in [5.74, 6) is -0.261. The second-order valence-corrected chi connectivity index (χ2v) is 4.11. The van der Waals surface area contributed by atoms with E-state index in [1.165, 1.54) is 6.07 Å². The van der Waals surface area contributed by atoms with E-state index in [0.29, 0.717) is 11.1 Å². The van der Waals surface area contributed by atoms with Crippen molar-refractivity contribution in [2.75, 3.05) is 0 Å². The van der Waals surface area contributed by atoms with Crippen LogP contribution in [0.4, 0.5) is 4.39 Å². The van der Waals surface area contributed by atoms with Crippen molar-refractivity contribution in [1.29, 1.82) is 0 Å². The molecular formula is C11H12BrFO. The molecule has 0 spiro atoms. The Kier molecular flexibility index (Phi) is 4.14. The van der Waals surface area contributed by atoms with E-state index in [1.807, 2.05) is 19.9 Å². The molecular weight excluding hydrogens is 247 g/mol. The first-order chi connectivity index (χ1) is 6.59. The van der Waals surface area contributed by atoms with Crippen LogP contribution in [0.2, 0.25) is 0 Å². The molecule has 0 saturated heterocycles. The smallest absolute Gasteiger partial charge is 0.137 e. The number of ether oxygens (including phenoxy) is 1. The second-order valence-electron chi connectivity index (χ2n) is 3.25. The molecule has 1 nitrogen and oxygen atoms in total. The van der Waals surface area contributed by atoms with Gasteiger partial charge in [-0.15, -0.1) is 0 Å². The second kappa shape index (κ2) is 5.15. The number of halogens is 2. The predicted octanol–water partition coefficient (Wildman–Crippen LogP) is 4.03. The molecule has 3 heteroatoms. The van der Waals surface area contributed by atoms with Gasteiger partial charge in [0.25, 0.3) is 0 Å². The zero-order valence-electron chi connectivity index (χ0n) is 8.18. The molecule has 0 aromatic heterocycles. The number of benzene rings is 1. The third kappa shape index (κ3) is 3.50. The van der Waals surface area contributed by atoms with E-state index in [2.05, 4.69) is 15.9 Å². The minimum atomic E-state index is -0.261. The summed E-state index contributed by atoms with van der Waals surface area (Å²) in [5, 5.41) is 0. The average Bonchev–Trinajstić information content (AvgIpc) is 2.10. The quantitative estimate of drug-likeness (QED) is 0.744. The van der Waals surface area contributed by atoms with Gasteiger partial charge in [-0.1, -0.05) is 6.07 Å². The maximum Gasteiger partial charge on any atom is 0.137 e. The molecule has 0 fully saturated rings. The van der Waals surface area contributed by atoms with Crippen LogP contribution in [0.3, 0.4) is 0 Å². The van der Waals surface area contributed by atoms with E-state index in [1.54, 1.807) is 12.3 Å². The van der Waals surface area contributed by atoms with Gasteiger partial charge < -0.3 is 4.74 Å². The summed E-state index contributed by atoms with van der Waals surface area (Å²) >= 11 is 3.09. The molecule has 0 heterocycles. The first-order valence-electron chi connectivity index (χ1n) is 4.28. The maximum atomic E-state index is 13.0. The summed E-state index contributed by atoms with van der Waals surface area (Å²) in [6.45, 7) is 4.29. The molecule has 0 amide bonds. The van der Waals surface area contributed by atoms with Gasteiger partial charge in [0.1, 0.15) is 12.4 Å². The molecule has 0 saturated carbocycles. The standard InChI is InChI=1S/C11H12BrFO/c1-8(2)6-14-7-9-3-4-10(12)11(13)5-9/h3-6H,7H2,1-2H3. The fraction of sp³-hybridized carbons (Fsp3) is 0.273. The molecule has 0 bridgehead atoms. The number of hydrogen-bond acceptors (Lipinski definition) is 1. The van der Waals surface area contributed by atoms with Crippen LogP contribution in [0.15, 0.2) is 34.5 Å². The van der Waals surface area contributed by atoms with Crippen molar-refractivity contribution in [3.05, 3.63) is 45.9 Å². The molecule has 1 aromatic carbocycles. The van der Waals surface area contributed by atoms with Crippen LogP contribution < -0.4 is 0 Å². The van der Waals surface area contributed by atoms with Crippen molar-refractivity contribution < 1.29 is 9.13 Å². The Morgan fingerprint density at radius 2 is 2.21 bits per heavy atom. The Hall–Kier alpha value is -0.830. The number of allylic oxidation sites excluding steroid dienone is 1. The van der Waals surface area contributed by atoms with E-state index in [9.17, 15) is 4.39 Å². The summed E-state index contributed by atoms with van der Waals surface area (Å²) < 4.78 is 18.8. The van der Waals surface area contributed by atoms with Crippen molar-refractivity contribution in [3.8, 4) is 0 Å². The Morgan fingerprint density at radius 1 is 1.50 bits per heavy atom. The Bertz CT molecular complexity index is 343. The number of hydrogen-bond donors (Lipinski definition) is 0. The van der Waals surface area contributed by atoms with Gasteiger partial charge in [0.15, 0.2) is 0 Å². The molecule has 1 rings (SSSR count). The first kappa shape index (κ1) is 11.2. The first-order valence-corrected chi connectivity index (χ1v) is 5.08. The summed E-state index contributed by atoms with van der Waals surface area (Å²) in [6, 6.07) is 4.96. The van der Waals surface area contributed by atoms with Crippen molar-refractivity contribution in [2.45, 2.75) is 20.5 Å². The highest BCUT2D eigenvalue weighted by Crippen LogP contribution is 2.16. The summed E-state index contributed by atoms with van der Waals surface area (Å²) in [7, 11) is 0. The van der Waals surface area contributed by atoms with Crippen LogP contribution >= 0.6 is 15.9 Å². The Labute approximate surface area is 91.7 Å². The molecule has 14 heavy (non-hydrogen) atoms. The lowest BCUT2D eigenvalue weighted by Crippen LogP contribution is -1.89. The van der Waals surface area contributed by atoms with Gasteiger partial charge in [0.2, 0.25) is 0 Å². The summed E-state index contributed by atoms with van der Waals surface area (Å²) in [6.07, 6.45) is 1.67. The van der Waals surface area contributed by atoms with E-state index >= 15 is 0 Å². The van der Waals surface area contributed by atoms with Crippen LogP contribution in [0.5, 0.6) is 0 Å². The lowest BCUT2D eigenvalue weighted by atomic mass is 10.2. The average molecular weight is 259 g/mol. The monoisotopic (exact) mass is 258 g/mol.